The molecular weight excluding hydrogens is 873 g/mol. The highest BCUT2D eigenvalue weighted by Gasteiger charge is 2.45. The summed E-state index contributed by atoms with van der Waals surface area (Å²) in [4.78, 5) is 79.7. The molecule has 4 N–H and O–H groups in total. The Morgan fingerprint density at radius 3 is 1.00 bits per heavy atom. The highest BCUT2D eigenvalue weighted by atomic mass is 28.3. The van der Waals surface area contributed by atoms with Gasteiger partial charge in [0.15, 0.2) is 0 Å². The largest absolute Gasteiger partial charge is 0.459 e. The first-order valence-electron chi connectivity index (χ1n) is 23.6. The quantitative estimate of drug-likeness (QED) is 0.0691. The summed E-state index contributed by atoms with van der Waals surface area (Å²) in [6.45, 7) is 41.4. The average Bonchev–Trinajstić information content (AvgIpc) is 3.06. The number of hydrogen-bond donors (Lipinski definition) is 4. The lowest BCUT2D eigenvalue weighted by atomic mass is 9.87. The number of rotatable bonds is 20. The molecule has 0 unspecified atom stereocenters. The molecule has 4 amide bonds. The van der Waals surface area contributed by atoms with Crippen molar-refractivity contribution >= 4 is 51.7 Å². The number of ether oxygens (including phenoxy) is 2. The lowest BCUT2D eigenvalue weighted by Gasteiger charge is -2.40. The molecule has 0 saturated heterocycles. The molecule has 0 bridgehead atoms. The lowest BCUT2D eigenvalue weighted by Crippen LogP contribution is -2.60. The molecule has 66 heavy (non-hydrogen) atoms. The number of carbonyl (C=O) groups is 6. The van der Waals surface area contributed by atoms with Gasteiger partial charge in [0.1, 0.15) is 24.3 Å². The molecule has 0 aromatic heterocycles. The summed E-state index contributed by atoms with van der Waals surface area (Å²) in [7, 11) is 0.399. The van der Waals surface area contributed by atoms with Crippen LogP contribution in [-0.4, -0.2) is 133 Å². The van der Waals surface area contributed by atoms with Crippen molar-refractivity contribution in [2.24, 2.45) is 22.7 Å². The molecule has 0 aliphatic rings. The third-order valence-electron chi connectivity index (χ3n) is 9.98. The molecule has 0 aliphatic carbocycles. The smallest absolute Gasteiger partial charge is 0.303 e. The van der Waals surface area contributed by atoms with Crippen LogP contribution < -0.4 is 10.6 Å². The Bertz CT molecular complexity index is 1520. The van der Waals surface area contributed by atoms with Gasteiger partial charge in [-0.3, -0.25) is 28.8 Å². The molecule has 16 heteroatoms. The van der Waals surface area contributed by atoms with Gasteiger partial charge in [-0.05, 0) is 79.1 Å². The van der Waals surface area contributed by atoms with Crippen LogP contribution in [0, 0.1) is 22.7 Å². The van der Waals surface area contributed by atoms with Gasteiger partial charge in [-0.25, -0.2) is 0 Å². The second-order valence-corrected chi connectivity index (χ2v) is 34.7. The number of nitrogens with one attached hydrogen (secondary N) is 2. The van der Waals surface area contributed by atoms with Crippen LogP contribution in [0.1, 0.15) is 136 Å². The molecule has 0 aliphatic heterocycles. The zero-order chi connectivity index (χ0) is 52.7. The molecule has 0 aromatic rings. The Morgan fingerprint density at radius 1 is 0.545 bits per heavy atom. The number of nitrogens with zero attached hydrogens (tertiary/aromatic N) is 2. The predicted molar refractivity (Wildman–Crippen MR) is 273 cm³/mol. The number of carbonyl (C=O) groups excluding carboxylic acids is 6. The topological polar surface area (TPSA) is 192 Å². The summed E-state index contributed by atoms with van der Waals surface area (Å²) >= 11 is 0. The van der Waals surface area contributed by atoms with Crippen molar-refractivity contribution in [3.05, 3.63) is 23.6 Å². The van der Waals surface area contributed by atoms with Gasteiger partial charge in [-0.2, -0.15) is 0 Å². The van der Waals surface area contributed by atoms with E-state index < -0.39 is 98.3 Å². The fourth-order valence-corrected chi connectivity index (χ4v) is 8.82. The summed E-state index contributed by atoms with van der Waals surface area (Å²) in [5, 5.41) is 27.1. The van der Waals surface area contributed by atoms with Crippen LogP contribution in [0.5, 0.6) is 0 Å². The first-order chi connectivity index (χ1) is 29.3. The van der Waals surface area contributed by atoms with E-state index in [1.165, 1.54) is 23.6 Å². The number of aliphatic hydroxyl groups excluding tert-OH is 2. The second-order valence-electron chi connectivity index (χ2n) is 24.6. The van der Waals surface area contributed by atoms with Crippen molar-refractivity contribution in [3.63, 3.8) is 0 Å². The molecule has 14 nitrogen and oxygen atoms in total. The molecule has 0 spiro atoms. The third-order valence-corrected chi connectivity index (χ3v) is 12.5. The maximum absolute atomic E-state index is 13.4. The van der Waals surface area contributed by atoms with Crippen molar-refractivity contribution in [1.82, 2.24) is 20.4 Å². The molecule has 0 heterocycles. The van der Waals surface area contributed by atoms with E-state index in [9.17, 15) is 39.0 Å². The van der Waals surface area contributed by atoms with Crippen LogP contribution in [0.15, 0.2) is 23.6 Å². The van der Waals surface area contributed by atoms with Crippen molar-refractivity contribution in [2.75, 3.05) is 14.1 Å². The minimum Gasteiger partial charge on any atom is -0.459 e. The van der Waals surface area contributed by atoms with E-state index in [2.05, 4.69) is 61.3 Å². The van der Waals surface area contributed by atoms with E-state index in [1.54, 1.807) is 55.6 Å². The van der Waals surface area contributed by atoms with E-state index in [4.69, 9.17) is 9.47 Å². The summed E-state index contributed by atoms with van der Waals surface area (Å²) in [5.74, 6) is -3.07. The first kappa shape index (κ1) is 64.7. The predicted octanol–water partition coefficient (Wildman–Crippen LogP) is 7.83. The van der Waals surface area contributed by atoms with Crippen LogP contribution in [0.25, 0.3) is 0 Å². The zero-order valence-electron chi connectivity index (χ0n) is 45.8. The standard InChI is InChI=1S/2C25H48N2O5Si/c2*1-17(16-19(29)14-13-15-33(10,11)12)21(32-18(2)28)20(22(30)26-25(6,7)8)27(9)23(31)24(3,4)5/h2*13,15,17,19-21,29H,14,16H2,1-12H3,(H,26,30)/b15-13+;/t17-,19+,20+,21-;17-,19-,20+,21-/m11/s1. The van der Waals surface area contributed by atoms with Crippen molar-refractivity contribution < 1.29 is 48.5 Å². The van der Waals surface area contributed by atoms with Crippen LogP contribution in [0.2, 0.25) is 39.3 Å². The molecule has 0 fully saturated rings. The van der Waals surface area contributed by atoms with Crippen LogP contribution in [0.4, 0.5) is 0 Å². The Kier molecular flexibility index (Phi) is 25.9. The van der Waals surface area contributed by atoms with Crippen LogP contribution in [-0.2, 0) is 38.2 Å². The number of aliphatic hydroxyl groups is 2. The second kappa shape index (κ2) is 26.4. The van der Waals surface area contributed by atoms with Gasteiger partial charge in [-0.15, -0.1) is 0 Å². The van der Waals surface area contributed by atoms with Crippen LogP contribution in [0.3, 0.4) is 0 Å². The Hall–Kier alpha value is -3.35. The lowest BCUT2D eigenvalue weighted by molar-refractivity contribution is -0.164. The van der Waals surface area contributed by atoms with Gasteiger partial charge in [0.05, 0.1) is 28.4 Å². The minimum absolute atomic E-state index is 0.237. The average molecular weight is 970 g/mol. The normalized spacial score (nSPS) is 16.6. The maximum atomic E-state index is 13.4. The van der Waals surface area contributed by atoms with E-state index in [0.717, 1.165) is 0 Å². The summed E-state index contributed by atoms with van der Waals surface area (Å²) in [5.41, 5.74) is 1.85. The SMILES string of the molecule is CC(=O)O[C@H]([C@H](C)C[C@@H](O)C/C=C/[Si](C)(C)C)[C@@H](C(=O)NC(C)(C)C)N(C)C(=O)C(C)(C)C.CC(=O)O[C@H]([C@H](C)C[C@H](O)CC=C[Si](C)(C)C)[C@@H](C(=O)NC(C)(C)C)N(C)C(=O)C(C)(C)C. The van der Waals surface area contributed by atoms with Crippen molar-refractivity contribution in [3.8, 4) is 0 Å². The minimum atomic E-state index is -1.37. The molecule has 8 atom stereocenters. The number of esters is 2. The zero-order valence-corrected chi connectivity index (χ0v) is 47.8. The maximum Gasteiger partial charge on any atom is 0.303 e. The van der Waals surface area contributed by atoms with E-state index in [1.807, 2.05) is 67.5 Å². The van der Waals surface area contributed by atoms with E-state index in [-0.39, 0.29) is 23.7 Å². The van der Waals surface area contributed by atoms with Gasteiger partial charge in [0.2, 0.25) is 23.6 Å². The Morgan fingerprint density at radius 2 is 0.803 bits per heavy atom. The van der Waals surface area contributed by atoms with Crippen molar-refractivity contribution in [1.29, 1.82) is 0 Å². The van der Waals surface area contributed by atoms with Gasteiger partial charge in [0.25, 0.3) is 0 Å². The summed E-state index contributed by atoms with van der Waals surface area (Å²) in [6.07, 6.45) is 2.51. The first-order valence-corrected chi connectivity index (χ1v) is 30.7. The molecular formula is C50H96N4O10Si2. The monoisotopic (exact) mass is 969 g/mol. The summed E-state index contributed by atoms with van der Waals surface area (Å²) in [6, 6.07) is -2.06. The summed E-state index contributed by atoms with van der Waals surface area (Å²) < 4.78 is 11.3. The van der Waals surface area contributed by atoms with E-state index in [0.29, 0.717) is 25.7 Å². The molecule has 0 rings (SSSR count). The molecule has 0 aromatic carbocycles. The van der Waals surface area contributed by atoms with Gasteiger partial charge in [-0.1, -0.05) is 118 Å². The number of hydrogen-bond acceptors (Lipinski definition) is 10. The highest BCUT2D eigenvalue weighted by Crippen LogP contribution is 2.28. The highest BCUT2D eigenvalue weighted by molar-refractivity contribution is 6.81. The molecule has 0 saturated carbocycles. The number of likely N-dealkylation sites (N-methyl/N-ethyl adjacent to an activating group) is 2. The fourth-order valence-electron chi connectivity index (χ4n) is 7.13. The van der Waals surface area contributed by atoms with Gasteiger partial charge < -0.3 is 40.1 Å². The van der Waals surface area contributed by atoms with E-state index >= 15 is 0 Å². The number of amides is 4. The van der Waals surface area contributed by atoms with Crippen molar-refractivity contribution in [2.45, 2.75) is 223 Å². The fraction of sp³-hybridized carbons (Fsp3) is 0.800. The molecule has 0 radical (unpaired) electrons. The van der Waals surface area contributed by atoms with Gasteiger partial charge >= 0.3 is 11.9 Å². The Balaban J connectivity index is 0. The van der Waals surface area contributed by atoms with Gasteiger partial charge in [0, 0.05) is 49.9 Å². The molecule has 384 valence electrons. The Labute approximate surface area is 402 Å². The van der Waals surface area contributed by atoms with Crippen LogP contribution >= 0.6 is 0 Å². The third kappa shape index (κ3) is 27.5.